The molecule has 0 bridgehead atoms. The van der Waals surface area contributed by atoms with Crippen LogP contribution in [-0.2, 0) is 6.54 Å². The van der Waals surface area contributed by atoms with Crippen LogP contribution in [0.4, 0.5) is 18.9 Å². The zero-order valence-electron chi connectivity index (χ0n) is 10.1. The molecule has 0 spiro atoms. The fourth-order valence-electron chi connectivity index (χ4n) is 1.57. The Bertz CT molecular complexity index is 551. The molecule has 1 aromatic carbocycles. The van der Waals surface area contributed by atoms with E-state index in [-0.39, 0.29) is 16.7 Å². The van der Waals surface area contributed by atoms with Crippen LogP contribution in [0.25, 0.3) is 0 Å². The quantitative estimate of drug-likeness (QED) is 0.837. The number of alkyl halides is 3. The van der Waals surface area contributed by atoms with Gasteiger partial charge in [-0.1, -0.05) is 12.1 Å². The van der Waals surface area contributed by atoms with Gasteiger partial charge in [0.15, 0.2) is 0 Å². The van der Waals surface area contributed by atoms with E-state index in [1.54, 1.807) is 24.5 Å². The van der Waals surface area contributed by atoms with Crippen molar-refractivity contribution in [3.8, 4) is 0 Å². The van der Waals surface area contributed by atoms with Crippen LogP contribution < -0.4 is 5.32 Å². The molecule has 1 aromatic heterocycles. The number of benzene rings is 1. The van der Waals surface area contributed by atoms with Gasteiger partial charge in [0.25, 0.3) is 0 Å². The number of aryl methyl sites for hydroxylation is 1. The summed E-state index contributed by atoms with van der Waals surface area (Å²) in [7, 11) is 0. The fraction of sp³-hybridized carbons (Fsp3) is 0.250. The number of H-pyrrole nitrogens is 1. The normalized spacial score (nSPS) is 11.6. The van der Waals surface area contributed by atoms with Gasteiger partial charge in [-0.05, 0) is 30.8 Å². The molecule has 19 heavy (non-hydrogen) atoms. The number of aromatic amines is 1. The summed E-state index contributed by atoms with van der Waals surface area (Å²) in [5, 5.41) is 2.98. The molecule has 0 aliphatic heterocycles. The average Bonchev–Trinajstić information content (AvgIpc) is 2.72. The summed E-state index contributed by atoms with van der Waals surface area (Å²) in [5.41, 5.74) is -2.16. The van der Waals surface area contributed by atoms with Gasteiger partial charge in [0.2, 0.25) is 0 Å². The molecule has 2 N–H and O–H groups in total. The van der Waals surface area contributed by atoms with Crippen LogP contribution in [-0.4, -0.2) is 15.5 Å². The third-order valence-corrected chi connectivity index (χ3v) is 3.30. The summed E-state index contributed by atoms with van der Waals surface area (Å²) in [6.45, 7) is 2.24. The molecule has 1 heterocycles. The summed E-state index contributed by atoms with van der Waals surface area (Å²) in [4.78, 5) is 7.17. The van der Waals surface area contributed by atoms with E-state index in [1.807, 2.05) is 6.92 Å². The number of hydrogen-bond donors (Lipinski definition) is 2. The van der Waals surface area contributed by atoms with Crippen LogP contribution >= 0.6 is 11.8 Å². The Kier molecular flexibility index (Phi) is 4.04. The molecular weight excluding hydrogens is 275 g/mol. The lowest BCUT2D eigenvalue weighted by Crippen LogP contribution is -2.05. The standard InChI is InChI=1S/C12H12F3N3S/c1-8-10(18-7-17-8)6-16-9-4-2-3-5-11(9)19-12(13,14)15/h2-5,7,16H,6H2,1H3,(H,17,18). The van der Waals surface area contributed by atoms with Gasteiger partial charge < -0.3 is 10.3 Å². The molecule has 0 aliphatic rings. The minimum absolute atomic E-state index is 0.122. The van der Waals surface area contributed by atoms with Crippen LogP contribution in [0.5, 0.6) is 0 Å². The molecule has 0 saturated heterocycles. The zero-order valence-corrected chi connectivity index (χ0v) is 10.9. The van der Waals surface area contributed by atoms with Crippen molar-refractivity contribution in [2.24, 2.45) is 0 Å². The van der Waals surface area contributed by atoms with Gasteiger partial charge in [0.05, 0.1) is 18.6 Å². The van der Waals surface area contributed by atoms with Gasteiger partial charge in [0, 0.05) is 16.3 Å². The topological polar surface area (TPSA) is 40.7 Å². The lowest BCUT2D eigenvalue weighted by Gasteiger charge is -2.12. The van der Waals surface area contributed by atoms with Crippen molar-refractivity contribution in [3.63, 3.8) is 0 Å². The first kappa shape index (κ1) is 13.8. The van der Waals surface area contributed by atoms with E-state index >= 15 is 0 Å². The van der Waals surface area contributed by atoms with E-state index in [0.717, 1.165) is 11.4 Å². The van der Waals surface area contributed by atoms with Crippen LogP contribution in [0.2, 0.25) is 0 Å². The highest BCUT2D eigenvalue weighted by molar-refractivity contribution is 8.00. The van der Waals surface area contributed by atoms with E-state index < -0.39 is 5.51 Å². The van der Waals surface area contributed by atoms with Crippen LogP contribution in [0.15, 0.2) is 35.5 Å². The number of nitrogens with zero attached hydrogens (tertiary/aromatic N) is 1. The number of hydrogen-bond acceptors (Lipinski definition) is 3. The van der Waals surface area contributed by atoms with Crippen LogP contribution in [0.3, 0.4) is 0 Å². The van der Waals surface area contributed by atoms with Crippen LogP contribution in [0.1, 0.15) is 11.4 Å². The molecule has 0 radical (unpaired) electrons. The monoisotopic (exact) mass is 287 g/mol. The maximum atomic E-state index is 12.4. The number of imidazole rings is 1. The Balaban J connectivity index is 2.10. The Morgan fingerprint density at radius 2 is 2.05 bits per heavy atom. The van der Waals surface area contributed by atoms with Crippen molar-refractivity contribution >= 4 is 17.4 Å². The maximum absolute atomic E-state index is 12.4. The Labute approximate surface area is 112 Å². The van der Waals surface area contributed by atoms with E-state index in [2.05, 4.69) is 15.3 Å². The second-order valence-electron chi connectivity index (χ2n) is 3.87. The van der Waals surface area contributed by atoms with Gasteiger partial charge in [-0.25, -0.2) is 4.98 Å². The molecular formula is C12H12F3N3S. The van der Waals surface area contributed by atoms with E-state index in [0.29, 0.717) is 12.2 Å². The summed E-state index contributed by atoms with van der Waals surface area (Å²) in [6.07, 6.45) is 1.56. The number of anilines is 1. The van der Waals surface area contributed by atoms with Crippen molar-refractivity contribution in [2.45, 2.75) is 23.9 Å². The molecule has 0 aliphatic carbocycles. The number of halogens is 3. The minimum Gasteiger partial charge on any atom is -0.378 e. The van der Waals surface area contributed by atoms with Gasteiger partial charge in [-0.15, -0.1) is 0 Å². The molecule has 0 saturated carbocycles. The third kappa shape index (κ3) is 3.92. The molecule has 2 rings (SSSR count). The second-order valence-corrected chi connectivity index (χ2v) is 4.98. The van der Waals surface area contributed by atoms with Crippen molar-refractivity contribution in [1.82, 2.24) is 9.97 Å². The van der Waals surface area contributed by atoms with Crippen molar-refractivity contribution in [1.29, 1.82) is 0 Å². The molecule has 0 fully saturated rings. The first-order chi connectivity index (χ1) is 8.96. The van der Waals surface area contributed by atoms with Gasteiger partial charge in [-0.2, -0.15) is 13.2 Å². The highest BCUT2D eigenvalue weighted by Crippen LogP contribution is 2.40. The van der Waals surface area contributed by atoms with Crippen molar-refractivity contribution in [3.05, 3.63) is 42.0 Å². The number of aromatic nitrogens is 2. The largest absolute Gasteiger partial charge is 0.446 e. The fourth-order valence-corrected chi connectivity index (χ4v) is 2.22. The van der Waals surface area contributed by atoms with Crippen molar-refractivity contribution in [2.75, 3.05) is 5.32 Å². The molecule has 3 nitrogen and oxygen atoms in total. The number of thioether (sulfide) groups is 1. The molecule has 102 valence electrons. The maximum Gasteiger partial charge on any atom is 0.446 e. The molecule has 2 aromatic rings. The van der Waals surface area contributed by atoms with E-state index in [4.69, 9.17) is 0 Å². The van der Waals surface area contributed by atoms with E-state index in [1.165, 1.54) is 6.07 Å². The Morgan fingerprint density at radius 1 is 1.32 bits per heavy atom. The van der Waals surface area contributed by atoms with Gasteiger partial charge >= 0.3 is 5.51 Å². The SMILES string of the molecule is Cc1[nH]cnc1CNc1ccccc1SC(F)(F)F. The summed E-state index contributed by atoms with van der Waals surface area (Å²) < 4.78 is 37.3. The summed E-state index contributed by atoms with van der Waals surface area (Å²) in [6, 6.07) is 6.34. The molecule has 0 atom stereocenters. The predicted molar refractivity (Wildman–Crippen MR) is 69.0 cm³/mol. The highest BCUT2D eigenvalue weighted by atomic mass is 32.2. The zero-order chi connectivity index (χ0) is 13.9. The summed E-state index contributed by atoms with van der Waals surface area (Å²) in [5.74, 6) is 0. The number of nitrogens with one attached hydrogen (secondary N) is 2. The van der Waals surface area contributed by atoms with Crippen molar-refractivity contribution < 1.29 is 13.2 Å². The van der Waals surface area contributed by atoms with Gasteiger partial charge in [0.1, 0.15) is 0 Å². The average molecular weight is 287 g/mol. The number of rotatable bonds is 4. The predicted octanol–water partition coefficient (Wildman–Crippen LogP) is 3.94. The summed E-state index contributed by atoms with van der Waals surface area (Å²) >= 11 is -0.122. The highest BCUT2D eigenvalue weighted by Gasteiger charge is 2.30. The molecule has 0 amide bonds. The molecule has 7 heteroatoms. The second kappa shape index (κ2) is 5.56. The number of para-hydroxylation sites is 1. The first-order valence-electron chi connectivity index (χ1n) is 5.53. The lowest BCUT2D eigenvalue weighted by atomic mass is 10.3. The smallest absolute Gasteiger partial charge is 0.378 e. The van der Waals surface area contributed by atoms with Crippen LogP contribution in [0, 0.1) is 6.92 Å². The third-order valence-electron chi connectivity index (χ3n) is 2.49. The van der Waals surface area contributed by atoms with Gasteiger partial charge in [-0.3, -0.25) is 0 Å². The molecule has 0 unspecified atom stereocenters. The minimum atomic E-state index is -4.29. The Hall–Kier alpha value is -1.63. The lowest BCUT2D eigenvalue weighted by molar-refractivity contribution is -0.0327. The first-order valence-corrected chi connectivity index (χ1v) is 6.35. The van der Waals surface area contributed by atoms with E-state index in [9.17, 15) is 13.2 Å². The Morgan fingerprint density at radius 3 is 2.68 bits per heavy atom.